The van der Waals surface area contributed by atoms with Crippen molar-refractivity contribution in [3.63, 3.8) is 0 Å². The highest BCUT2D eigenvalue weighted by atomic mass is 19.4. The molecule has 0 spiro atoms. The lowest BCUT2D eigenvalue weighted by atomic mass is 10.0. The molecule has 6 nitrogen and oxygen atoms in total. The molecule has 0 saturated heterocycles. The molecule has 0 radical (unpaired) electrons. The third-order valence-corrected chi connectivity index (χ3v) is 3.39. The quantitative estimate of drug-likeness (QED) is 0.263. The van der Waals surface area contributed by atoms with Gasteiger partial charge in [-0.05, 0) is 24.6 Å². The number of hydrogen-bond acceptors (Lipinski definition) is 5. The van der Waals surface area contributed by atoms with Gasteiger partial charge in [0.25, 0.3) is 5.91 Å². The summed E-state index contributed by atoms with van der Waals surface area (Å²) in [6.07, 6.45) is -4.32. The van der Waals surface area contributed by atoms with Crippen molar-refractivity contribution in [1.29, 1.82) is 0 Å². The van der Waals surface area contributed by atoms with Crippen molar-refractivity contribution >= 4 is 5.91 Å². The molecule has 1 aromatic carbocycles. The summed E-state index contributed by atoms with van der Waals surface area (Å²) in [5.74, 6) is -1.84. The Morgan fingerprint density at radius 1 is 1.31 bits per heavy atom. The second-order valence-corrected chi connectivity index (χ2v) is 5.07. The molecule has 0 saturated carbocycles. The number of fused-ring (bicyclic) bond motifs is 1. The number of nitrogens with one attached hydrogen (secondary N) is 2. The van der Waals surface area contributed by atoms with E-state index in [1.165, 1.54) is 0 Å². The average molecular weight is 376 g/mol. The van der Waals surface area contributed by atoms with Gasteiger partial charge < -0.3 is 14.8 Å². The van der Waals surface area contributed by atoms with E-state index in [9.17, 15) is 22.4 Å². The minimum Gasteiger partial charge on any atom is -0.454 e. The highest BCUT2D eigenvalue weighted by molar-refractivity contribution is 5.98. The van der Waals surface area contributed by atoms with Crippen molar-refractivity contribution < 1.29 is 36.7 Å². The normalized spacial score (nSPS) is 14.8. The first-order valence-electron chi connectivity index (χ1n) is 7.37. The zero-order valence-corrected chi connectivity index (χ0v) is 13.9. The van der Waals surface area contributed by atoms with Gasteiger partial charge in [-0.1, -0.05) is 12.1 Å². The summed E-state index contributed by atoms with van der Waals surface area (Å²) in [5.41, 5.74) is -0.476. The van der Waals surface area contributed by atoms with Gasteiger partial charge in [0.05, 0.1) is 12.7 Å². The molecule has 1 aliphatic rings. The fourth-order valence-corrected chi connectivity index (χ4v) is 2.25. The fraction of sp³-hybridized carbons (Fsp3) is 0.312. The number of carbonyl (C=O) groups excluding carboxylic acids is 1. The first kappa shape index (κ1) is 19.6. The van der Waals surface area contributed by atoms with E-state index < -0.39 is 29.2 Å². The standard InChI is InChI=1S/C16H16F4N2O4/c1-3-10(16(18,19)20)13(14(17)22-24-2)15(23)21-7-9-4-5-11-12(6-9)26-8-25-11/h3-6,22H,7-8H2,1-2H3,(H,21,23)/b10-3+,14-13+. The Bertz CT molecular complexity index is 744. The Balaban J connectivity index is 2.20. The van der Waals surface area contributed by atoms with Crippen LogP contribution < -0.4 is 20.3 Å². The van der Waals surface area contributed by atoms with Gasteiger partial charge in [-0.3, -0.25) is 9.63 Å². The summed E-state index contributed by atoms with van der Waals surface area (Å²) in [7, 11) is 1.00. The molecule has 26 heavy (non-hydrogen) atoms. The third kappa shape index (κ3) is 4.45. The number of amides is 1. The molecule has 0 bridgehead atoms. The van der Waals surface area contributed by atoms with Crippen molar-refractivity contribution in [2.45, 2.75) is 19.6 Å². The predicted octanol–water partition coefficient (Wildman–Crippen LogP) is 2.87. The van der Waals surface area contributed by atoms with E-state index >= 15 is 0 Å². The number of alkyl halides is 3. The largest absolute Gasteiger partial charge is 0.454 e. The average Bonchev–Trinajstić information content (AvgIpc) is 3.04. The van der Waals surface area contributed by atoms with Gasteiger partial charge in [0.2, 0.25) is 12.7 Å². The van der Waals surface area contributed by atoms with E-state index in [0.29, 0.717) is 23.1 Å². The molecule has 1 amide bonds. The summed E-state index contributed by atoms with van der Waals surface area (Å²) in [6.45, 7) is 0.963. The molecule has 1 aromatic rings. The minimum absolute atomic E-state index is 0.0577. The molecular formula is C16H16F4N2O4. The molecular weight excluding hydrogens is 360 g/mol. The van der Waals surface area contributed by atoms with Crippen LogP contribution in [0.5, 0.6) is 11.5 Å². The van der Waals surface area contributed by atoms with Crippen LogP contribution in [0.3, 0.4) is 0 Å². The van der Waals surface area contributed by atoms with Gasteiger partial charge in [-0.15, -0.1) is 0 Å². The van der Waals surface area contributed by atoms with Gasteiger partial charge in [-0.25, -0.2) is 5.48 Å². The van der Waals surface area contributed by atoms with Gasteiger partial charge in [0, 0.05) is 6.54 Å². The van der Waals surface area contributed by atoms with Crippen molar-refractivity contribution in [1.82, 2.24) is 10.8 Å². The Kier molecular flexibility index (Phi) is 6.09. The van der Waals surface area contributed by atoms with Crippen molar-refractivity contribution in [2.75, 3.05) is 13.9 Å². The van der Waals surface area contributed by atoms with E-state index in [-0.39, 0.29) is 13.3 Å². The van der Waals surface area contributed by atoms with Crippen LogP contribution in [-0.4, -0.2) is 26.0 Å². The molecule has 0 fully saturated rings. The summed E-state index contributed by atoms with van der Waals surface area (Å²) in [6, 6.07) is 4.76. The van der Waals surface area contributed by atoms with Crippen molar-refractivity contribution in [2.24, 2.45) is 0 Å². The maximum atomic E-state index is 14.0. The molecule has 0 aliphatic carbocycles. The number of hydrogen-bond donors (Lipinski definition) is 2. The van der Waals surface area contributed by atoms with Crippen LogP contribution in [0.2, 0.25) is 0 Å². The van der Waals surface area contributed by atoms with Crippen LogP contribution in [0, 0.1) is 0 Å². The van der Waals surface area contributed by atoms with Crippen LogP contribution >= 0.6 is 0 Å². The van der Waals surface area contributed by atoms with Crippen LogP contribution in [0.1, 0.15) is 12.5 Å². The van der Waals surface area contributed by atoms with E-state index in [1.807, 2.05) is 0 Å². The Morgan fingerprint density at radius 2 is 2.00 bits per heavy atom. The molecule has 0 aromatic heterocycles. The first-order valence-corrected chi connectivity index (χ1v) is 7.37. The summed E-state index contributed by atoms with van der Waals surface area (Å²) in [4.78, 5) is 16.5. The third-order valence-electron chi connectivity index (χ3n) is 3.39. The number of carbonyl (C=O) groups is 1. The maximum absolute atomic E-state index is 14.0. The number of ether oxygens (including phenoxy) is 2. The summed E-state index contributed by atoms with van der Waals surface area (Å²) >= 11 is 0. The molecule has 142 valence electrons. The van der Waals surface area contributed by atoms with Crippen molar-refractivity contribution in [3.05, 3.63) is 46.9 Å². The van der Waals surface area contributed by atoms with E-state index in [4.69, 9.17) is 9.47 Å². The smallest absolute Gasteiger partial charge is 0.417 e. The minimum atomic E-state index is -4.92. The number of halogens is 4. The second-order valence-electron chi connectivity index (χ2n) is 5.07. The van der Waals surface area contributed by atoms with Gasteiger partial charge >= 0.3 is 6.18 Å². The Labute approximate surface area is 146 Å². The van der Waals surface area contributed by atoms with Crippen LogP contribution in [0.25, 0.3) is 0 Å². The van der Waals surface area contributed by atoms with E-state index in [1.54, 1.807) is 23.7 Å². The number of rotatable bonds is 6. The first-order chi connectivity index (χ1) is 12.3. The van der Waals surface area contributed by atoms with Gasteiger partial charge in [0.1, 0.15) is 5.57 Å². The monoisotopic (exact) mass is 376 g/mol. The SMILES string of the molecule is C/C=C(\C(C(=O)NCc1ccc2c(c1)OCO2)=C(\F)NOC)C(F)(F)F. The lowest BCUT2D eigenvalue weighted by Gasteiger charge is -2.16. The zero-order valence-electron chi connectivity index (χ0n) is 13.9. The van der Waals surface area contributed by atoms with Crippen LogP contribution in [-0.2, 0) is 16.2 Å². The summed E-state index contributed by atoms with van der Waals surface area (Å²) < 4.78 is 63.6. The maximum Gasteiger partial charge on any atom is 0.417 e. The number of benzene rings is 1. The molecule has 2 N–H and O–H groups in total. The lowest BCUT2D eigenvalue weighted by molar-refractivity contribution is -0.120. The van der Waals surface area contributed by atoms with Gasteiger partial charge in [-0.2, -0.15) is 17.6 Å². The number of hydroxylamine groups is 1. The molecule has 1 heterocycles. The molecule has 2 rings (SSSR count). The van der Waals surface area contributed by atoms with Crippen LogP contribution in [0.4, 0.5) is 17.6 Å². The Hall–Kier alpha value is -2.75. The lowest BCUT2D eigenvalue weighted by Crippen LogP contribution is -2.31. The van der Waals surface area contributed by atoms with E-state index in [0.717, 1.165) is 14.0 Å². The Morgan fingerprint density at radius 3 is 2.62 bits per heavy atom. The van der Waals surface area contributed by atoms with E-state index in [2.05, 4.69) is 10.2 Å². The highest BCUT2D eigenvalue weighted by Crippen LogP contribution is 2.34. The zero-order chi connectivity index (χ0) is 19.3. The number of allylic oxidation sites excluding steroid dienone is 1. The van der Waals surface area contributed by atoms with Crippen LogP contribution in [0.15, 0.2) is 41.4 Å². The van der Waals surface area contributed by atoms with Gasteiger partial charge in [0.15, 0.2) is 11.5 Å². The molecule has 0 unspecified atom stereocenters. The molecule has 0 atom stereocenters. The predicted molar refractivity (Wildman–Crippen MR) is 82.5 cm³/mol. The summed E-state index contributed by atoms with van der Waals surface area (Å²) in [5, 5.41) is 2.25. The highest BCUT2D eigenvalue weighted by Gasteiger charge is 2.40. The molecule has 10 heteroatoms. The topological polar surface area (TPSA) is 68.8 Å². The molecule has 1 aliphatic heterocycles. The second kappa shape index (κ2) is 8.09. The fourth-order valence-electron chi connectivity index (χ4n) is 2.25. The van der Waals surface area contributed by atoms with Crippen molar-refractivity contribution in [3.8, 4) is 11.5 Å².